The van der Waals surface area contributed by atoms with E-state index in [0.29, 0.717) is 0 Å². The first kappa shape index (κ1) is 19.0. The molecule has 0 unspecified atom stereocenters. The molecule has 0 aliphatic rings. The summed E-state index contributed by atoms with van der Waals surface area (Å²) in [6, 6.07) is 8.32. The molecule has 9 heteroatoms. The van der Waals surface area contributed by atoms with Crippen LogP contribution in [0, 0.1) is 37.8 Å². The van der Waals surface area contributed by atoms with Gasteiger partial charge in [0.1, 0.15) is 6.33 Å². The molecule has 2 heterocycles. The number of hydrazone groups is 1. The van der Waals surface area contributed by atoms with Gasteiger partial charge in [-0.2, -0.15) is 5.10 Å². The Morgan fingerprint density at radius 1 is 1.21 bits per heavy atom. The van der Waals surface area contributed by atoms with Crippen LogP contribution in [0.2, 0.25) is 0 Å². The van der Waals surface area contributed by atoms with Crippen molar-refractivity contribution in [1.82, 2.24) is 14.5 Å². The summed E-state index contributed by atoms with van der Waals surface area (Å²) in [7, 11) is 0. The molecule has 3 N–H and O–H groups in total. The molecule has 3 rings (SSSR count). The summed E-state index contributed by atoms with van der Waals surface area (Å²) in [4.78, 5) is 18.0. The van der Waals surface area contributed by atoms with Crippen molar-refractivity contribution >= 4 is 23.5 Å². The summed E-state index contributed by atoms with van der Waals surface area (Å²) >= 11 is 0. The van der Waals surface area contributed by atoms with E-state index < -0.39 is 10.6 Å². The lowest BCUT2D eigenvalue weighted by Crippen LogP contribution is -2.05. The number of anilines is 2. The summed E-state index contributed by atoms with van der Waals surface area (Å²) in [5.41, 5.74) is 14.2. The number of nitrogen functional groups attached to an aromatic ring is 1. The highest BCUT2D eigenvalue weighted by molar-refractivity contribution is 5.83. The third kappa shape index (κ3) is 3.54. The van der Waals surface area contributed by atoms with E-state index in [2.05, 4.69) is 57.1 Å². The van der Waals surface area contributed by atoms with E-state index in [1.165, 1.54) is 11.1 Å². The fourth-order valence-electron chi connectivity index (χ4n) is 3.16. The van der Waals surface area contributed by atoms with Crippen LogP contribution >= 0.6 is 0 Å². The minimum absolute atomic E-state index is 0.0584. The van der Waals surface area contributed by atoms with Gasteiger partial charge >= 0.3 is 5.69 Å². The van der Waals surface area contributed by atoms with E-state index >= 15 is 0 Å². The van der Waals surface area contributed by atoms with Crippen LogP contribution in [-0.2, 0) is 0 Å². The molecule has 9 nitrogen and oxygen atoms in total. The van der Waals surface area contributed by atoms with Gasteiger partial charge in [0.05, 0.1) is 11.1 Å². The zero-order valence-corrected chi connectivity index (χ0v) is 16.1. The van der Waals surface area contributed by atoms with Crippen molar-refractivity contribution in [3.8, 4) is 5.69 Å². The van der Waals surface area contributed by atoms with Crippen LogP contribution in [0.3, 0.4) is 0 Å². The average Bonchev–Trinajstić information content (AvgIpc) is 2.89. The lowest BCUT2D eigenvalue weighted by molar-refractivity contribution is -0.383. The second-order valence-electron chi connectivity index (χ2n) is 6.54. The first-order valence-corrected chi connectivity index (χ1v) is 8.60. The molecular formula is C19H21N7O2. The maximum atomic E-state index is 11.1. The van der Waals surface area contributed by atoms with Crippen molar-refractivity contribution < 1.29 is 4.92 Å². The molecule has 0 aliphatic heterocycles. The predicted molar refractivity (Wildman–Crippen MR) is 109 cm³/mol. The Bertz CT molecular complexity index is 1090. The third-order valence-electron chi connectivity index (χ3n) is 4.47. The van der Waals surface area contributed by atoms with Crippen LogP contribution in [0.1, 0.15) is 28.1 Å². The molecule has 2 aromatic heterocycles. The fraction of sp³-hybridized carbons (Fsp3) is 0.211. The smallest absolute Gasteiger partial charge is 0.354 e. The molecule has 0 saturated heterocycles. The van der Waals surface area contributed by atoms with Crippen molar-refractivity contribution in [1.29, 1.82) is 0 Å². The van der Waals surface area contributed by atoms with Crippen LogP contribution in [0.25, 0.3) is 5.69 Å². The van der Waals surface area contributed by atoms with E-state index in [1.54, 1.807) is 6.21 Å². The molecule has 144 valence electrons. The lowest BCUT2D eigenvalue weighted by Gasteiger charge is -2.13. The Hall–Kier alpha value is -3.75. The lowest BCUT2D eigenvalue weighted by atomic mass is 10.1. The third-order valence-corrected chi connectivity index (χ3v) is 4.47. The molecule has 0 amide bonds. The van der Waals surface area contributed by atoms with Crippen molar-refractivity contribution in [2.45, 2.75) is 27.7 Å². The van der Waals surface area contributed by atoms with Gasteiger partial charge < -0.3 is 10.3 Å². The van der Waals surface area contributed by atoms with Gasteiger partial charge in [-0.3, -0.25) is 15.5 Å². The molecule has 0 fully saturated rings. The molecular weight excluding hydrogens is 358 g/mol. The zero-order chi connectivity index (χ0) is 20.4. The first-order chi connectivity index (χ1) is 13.3. The number of benzene rings is 1. The number of hydrogen-bond acceptors (Lipinski definition) is 7. The van der Waals surface area contributed by atoms with Gasteiger partial charge in [-0.15, -0.1) is 0 Å². The number of nitrogens with two attached hydrogens (primary N) is 1. The maximum absolute atomic E-state index is 11.1. The zero-order valence-electron chi connectivity index (χ0n) is 16.1. The topological polar surface area (TPSA) is 124 Å². The van der Waals surface area contributed by atoms with Gasteiger partial charge in [0.25, 0.3) is 0 Å². The Morgan fingerprint density at radius 3 is 2.64 bits per heavy atom. The molecule has 3 aromatic rings. The molecule has 0 saturated carbocycles. The number of nitro groups is 1. The van der Waals surface area contributed by atoms with Crippen LogP contribution < -0.4 is 11.2 Å². The number of nitrogens with zero attached hydrogens (tertiary/aromatic N) is 5. The molecule has 1 aromatic carbocycles. The Balaban J connectivity index is 1.91. The summed E-state index contributed by atoms with van der Waals surface area (Å²) in [5.74, 6) is -0.275. The Kier molecular flexibility index (Phi) is 5.08. The maximum Gasteiger partial charge on any atom is 0.354 e. The largest absolute Gasteiger partial charge is 0.378 e. The van der Waals surface area contributed by atoms with Crippen LogP contribution in [-0.4, -0.2) is 25.7 Å². The average molecular weight is 379 g/mol. The van der Waals surface area contributed by atoms with Crippen molar-refractivity contribution in [3.63, 3.8) is 0 Å². The standard InChI is InChI=1S/C19H21N7O2/c1-11-5-6-16(12(2)7-11)25-13(3)8-15(14(25)4)9-23-24-19-17(26(27)28)18(20)21-10-22-19/h5-10H,1-4H3,(H3,20,21,22,24)/b23-9+. The summed E-state index contributed by atoms with van der Waals surface area (Å²) < 4.78 is 2.15. The van der Waals surface area contributed by atoms with Gasteiger partial charge in [-0.05, 0) is 45.4 Å². The SMILES string of the molecule is Cc1ccc(-n2c(C)cc(/C=N/Nc3ncnc(N)c3[N+](=O)[O-])c2C)c(C)c1. The van der Waals surface area contributed by atoms with E-state index in [9.17, 15) is 10.1 Å². The van der Waals surface area contributed by atoms with Crippen molar-refractivity contribution in [2.24, 2.45) is 5.10 Å². The second kappa shape index (κ2) is 7.47. The molecule has 28 heavy (non-hydrogen) atoms. The van der Waals surface area contributed by atoms with Crippen molar-refractivity contribution in [2.75, 3.05) is 11.2 Å². The number of aromatic nitrogens is 3. The van der Waals surface area contributed by atoms with Crippen LogP contribution in [0.4, 0.5) is 17.3 Å². The minimum atomic E-state index is -0.640. The van der Waals surface area contributed by atoms with Crippen LogP contribution in [0.15, 0.2) is 35.7 Å². The highest BCUT2D eigenvalue weighted by Gasteiger charge is 2.20. The normalized spacial score (nSPS) is 11.1. The number of hydrogen-bond donors (Lipinski definition) is 2. The molecule has 0 bridgehead atoms. The summed E-state index contributed by atoms with van der Waals surface area (Å²) in [6.07, 6.45) is 2.75. The number of rotatable bonds is 5. The second-order valence-corrected chi connectivity index (χ2v) is 6.54. The Morgan fingerprint density at radius 2 is 1.96 bits per heavy atom. The monoisotopic (exact) mass is 379 g/mol. The summed E-state index contributed by atoms with van der Waals surface area (Å²) in [5, 5.41) is 15.2. The van der Waals surface area contributed by atoms with Crippen LogP contribution in [0.5, 0.6) is 0 Å². The molecule has 0 spiro atoms. The van der Waals surface area contributed by atoms with Gasteiger partial charge in [0, 0.05) is 22.6 Å². The van der Waals surface area contributed by atoms with E-state index in [4.69, 9.17) is 5.73 Å². The molecule has 0 radical (unpaired) electrons. The molecule has 0 aliphatic carbocycles. The van der Waals surface area contributed by atoms with Crippen molar-refractivity contribution in [3.05, 3.63) is 68.8 Å². The Labute approximate surface area is 162 Å². The number of aryl methyl sites for hydroxylation is 3. The van der Waals surface area contributed by atoms with Gasteiger partial charge in [0.2, 0.25) is 11.6 Å². The quantitative estimate of drug-likeness (QED) is 0.397. The fourth-order valence-corrected chi connectivity index (χ4v) is 3.16. The minimum Gasteiger partial charge on any atom is -0.378 e. The van der Waals surface area contributed by atoms with E-state index in [0.717, 1.165) is 29.0 Å². The highest BCUT2D eigenvalue weighted by Crippen LogP contribution is 2.26. The molecule has 0 atom stereocenters. The van der Waals surface area contributed by atoms with E-state index in [-0.39, 0.29) is 11.6 Å². The van der Waals surface area contributed by atoms with Gasteiger partial charge in [-0.25, -0.2) is 9.97 Å². The highest BCUT2D eigenvalue weighted by atomic mass is 16.6. The number of nitrogens with one attached hydrogen (secondary N) is 1. The van der Waals surface area contributed by atoms with E-state index in [1.807, 2.05) is 19.9 Å². The van der Waals surface area contributed by atoms with Gasteiger partial charge in [0.15, 0.2) is 0 Å². The summed E-state index contributed by atoms with van der Waals surface area (Å²) in [6.45, 7) is 8.16. The first-order valence-electron chi connectivity index (χ1n) is 8.60. The van der Waals surface area contributed by atoms with Gasteiger partial charge in [-0.1, -0.05) is 17.7 Å². The predicted octanol–water partition coefficient (Wildman–Crippen LogP) is 3.44.